The number of aromatic hydroxyl groups is 1. The van der Waals surface area contributed by atoms with Gasteiger partial charge < -0.3 is 20.7 Å². The van der Waals surface area contributed by atoms with Crippen LogP contribution in [0.15, 0.2) is 24.3 Å². The number of carboxylic acid groups (broad SMARTS) is 1. The van der Waals surface area contributed by atoms with Crippen molar-refractivity contribution < 1.29 is 24.5 Å². The van der Waals surface area contributed by atoms with Crippen LogP contribution in [-0.4, -0.2) is 35.3 Å². The lowest BCUT2D eigenvalue weighted by Gasteiger charge is -2.02. The third-order valence-corrected chi connectivity index (χ3v) is 1.71. The molecule has 0 aromatic heterocycles. The first-order valence-electron chi connectivity index (χ1n) is 5.39. The molecule has 0 heterocycles. The lowest BCUT2D eigenvalue weighted by molar-refractivity contribution is -0.135. The van der Waals surface area contributed by atoms with Crippen molar-refractivity contribution in [1.29, 1.82) is 0 Å². The number of carboxylic acids is 1. The molecule has 0 aliphatic rings. The number of phenolic OH excluding ortho intramolecular Hbond substituents is 1. The van der Waals surface area contributed by atoms with Crippen molar-refractivity contribution >= 4 is 11.9 Å². The van der Waals surface area contributed by atoms with Crippen molar-refractivity contribution in [2.24, 2.45) is 5.73 Å². The Morgan fingerprint density at radius 1 is 1.28 bits per heavy atom. The largest absolute Gasteiger partial charge is 0.508 e. The number of phenols is 1. The SMILES string of the molecule is CCCOC(=O)c1ccc(O)cc1.NCC(=O)O. The Bertz CT molecular complexity index is 375. The van der Waals surface area contributed by atoms with Gasteiger partial charge in [-0.3, -0.25) is 4.79 Å². The summed E-state index contributed by atoms with van der Waals surface area (Å²) in [5.41, 5.74) is 5.04. The van der Waals surface area contributed by atoms with Gasteiger partial charge in [0.25, 0.3) is 0 Å². The van der Waals surface area contributed by atoms with Crippen LogP contribution in [0.25, 0.3) is 0 Å². The molecule has 100 valence electrons. The van der Waals surface area contributed by atoms with Crippen LogP contribution >= 0.6 is 0 Å². The van der Waals surface area contributed by atoms with Crippen molar-refractivity contribution in [2.45, 2.75) is 13.3 Å². The molecule has 4 N–H and O–H groups in total. The summed E-state index contributed by atoms with van der Waals surface area (Å²) < 4.78 is 4.90. The Hall–Kier alpha value is -2.08. The van der Waals surface area contributed by atoms with E-state index < -0.39 is 5.97 Å². The number of carbonyl (C=O) groups is 2. The van der Waals surface area contributed by atoms with Gasteiger partial charge in [-0.05, 0) is 30.7 Å². The fraction of sp³-hybridized carbons (Fsp3) is 0.333. The van der Waals surface area contributed by atoms with Gasteiger partial charge in [-0.25, -0.2) is 4.79 Å². The van der Waals surface area contributed by atoms with E-state index in [1.165, 1.54) is 24.3 Å². The van der Waals surface area contributed by atoms with E-state index >= 15 is 0 Å². The molecule has 0 radical (unpaired) electrons. The van der Waals surface area contributed by atoms with Crippen LogP contribution in [0.4, 0.5) is 0 Å². The Morgan fingerprint density at radius 2 is 1.78 bits per heavy atom. The molecule has 0 saturated heterocycles. The maximum atomic E-state index is 11.2. The molecule has 0 amide bonds. The molecular weight excluding hydrogens is 238 g/mol. The zero-order chi connectivity index (χ0) is 14.0. The summed E-state index contributed by atoms with van der Waals surface area (Å²) >= 11 is 0. The molecule has 6 nitrogen and oxygen atoms in total. The Kier molecular flexibility index (Phi) is 7.96. The van der Waals surface area contributed by atoms with E-state index in [0.717, 1.165) is 6.42 Å². The summed E-state index contributed by atoms with van der Waals surface area (Å²) in [5, 5.41) is 16.6. The maximum absolute atomic E-state index is 11.2. The van der Waals surface area contributed by atoms with Crippen LogP contribution in [0.5, 0.6) is 5.75 Å². The maximum Gasteiger partial charge on any atom is 0.338 e. The smallest absolute Gasteiger partial charge is 0.338 e. The topological polar surface area (TPSA) is 110 Å². The van der Waals surface area contributed by atoms with Gasteiger partial charge in [0.05, 0.1) is 18.7 Å². The summed E-state index contributed by atoms with van der Waals surface area (Å²) in [7, 11) is 0. The lowest BCUT2D eigenvalue weighted by Crippen LogP contribution is -2.10. The molecule has 1 aromatic rings. The average Bonchev–Trinajstić information content (AvgIpc) is 2.37. The van der Waals surface area contributed by atoms with Gasteiger partial charge in [-0.2, -0.15) is 0 Å². The van der Waals surface area contributed by atoms with Gasteiger partial charge in [-0.15, -0.1) is 0 Å². The van der Waals surface area contributed by atoms with Crippen LogP contribution < -0.4 is 5.73 Å². The molecule has 0 atom stereocenters. The minimum Gasteiger partial charge on any atom is -0.508 e. The highest BCUT2D eigenvalue weighted by Crippen LogP contribution is 2.10. The van der Waals surface area contributed by atoms with Crippen LogP contribution in [0.3, 0.4) is 0 Å². The molecule has 1 aromatic carbocycles. The van der Waals surface area contributed by atoms with Gasteiger partial charge >= 0.3 is 11.9 Å². The summed E-state index contributed by atoms with van der Waals surface area (Å²) in [6.07, 6.45) is 0.809. The molecule has 0 aliphatic carbocycles. The fourth-order valence-electron chi connectivity index (χ4n) is 0.876. The van der Waals surface area contributed by atoms with E-state index in [-0.39, 0.29) is 18.3 Å². The van der Waals surface area contributed by atoms with Gasteiger partial charge in [0, 0.05) is 0 Å². The average molecular weight is 255 g/mol. The molecule has 0 bridgehead atoms. The van der Waals surface area contributed by atoms with Crippen LogP contribution in [0, 0.1) is 0 Å². The van der Waals surface area contributed by atoms with E-state index in [0.29, 0.717) is 12.2 Å². The van der Waals surface area contributed by atoms with Crippen molar-refractivity contribution in [3.63, 3.8) is 0 Å². The number of ether oxygens (including phenoxy) is 1. The predicted octanol–water partition coefficient (Wildman–Crippen LogP) is 0.989. The van der Waals surface area contributed by atoms with E-state index in [2.05, 4.69) is 5.73 Å². The van der Waals surface area contributed by atoms with Crippen LogP contribution in [-0.2, 0) is 9.53 Å². The van der Waals surface area contributed by atoms with E-state index in [4.69, 9.17) is 14.9 Å². The molecule has 0 saturated carbocycles. The van der Waals surface area contributed by atoms with Gasteiger partial charge in [0.15, 0.2) is 0 Å². The summed E-state index contributed by atoms with van der Waals surface area (Å²) in [6.45, 7) is 2.09. The van der Waals surface area contributed by atoms with Crippen LogP contribution in [0.2, 0.25) is 0 Å². The standard InChI is InChI=1S/C10H12O3.C2H5NO2/c1-2-7-13-10(12)8-3-5-9(11)6-4-8;3-1-2(4)5/h3-6,11H,2,7H2,1H3;1,3H2,(H,4,5). The first kappa shape index (κ1) is 15.9. The number of hydrogen-bond donors (Lipinski definition) is 3. The first-order valence-corrected chi connectivity index (χ1v) is 5.39. The normalized spacial score (nSPS) is 9.00. The molecule has 0 unspecified atom stereocenters. The predicted molar refractivity (Wildman–Crippen MR) is 65.4 cm³/mol. The number of benzene rings is 1. The summed E-state index contributed by atoms with van der Waals surface area (Å²) in [5.74, 6) is -1.17. The highest BCUT2D eigenvalue weighted by molar-refractivity contribution is 5.89. The monoisotopic (exact) mass is 255 g/mol. The van der Waals surface area contributed by atoms with Crippen LogP contribution in [0.1, 0.15) is 23.7 Å². The third-order valence-electron chi connectivity index (χ3n) is 1.71. The zero-order valence-electron chi connectivity index (χ0n) is 10.1. The second-order valence-electron chi connectivity index (χ2n) is 3.28. The number of aliphatic carboxylic acids is 1. The molecule has 0 fully saturated rings. The number of esters is 1. The fourth-order valence-corrected chi connectivity index (χ4v) is 0.876. The molecule has 0 aliphatic heterocycles. The Balaban J connectivity index is 0.000000494. The highest BCUT2D eigenvalue weighted by atomic mass is 16.5. The minimum atomic E-state index is -0.968. The van der Waals surface area contributed by atoms with Gasteiger partial charge in [0.2, 0.25) is 0 Å². The number of rotatable bonds is 4. The Labute approximate surface area is 105 Å². The first-order chi connectivity index (χ1) is 8.51. The van der Waals surface area contributed by atoms with Crippen molar-refractivity contribution in [3.05, 3.63) is 29.8 Å². The third kappa shape index (κ3) is 7.24. The zero-order valence-corrected chi connectivity index (χ0v) is 10.1. The molecule has 0 spiro atoms. The van der Waals surface area contributed by atoms with E-state index in [1.54, 1.807) is 0 Å². The lowest BCUT2D eigenvalue weighted by atomic mass is 10.2. The highest BCUT2D eigenvalue weighted by Gasteiger charge is 2.05. The van der Waals surface area contributed by atoms with Crippen molar-refractivity contribution in [3.8, 4) is 5.75 Å². The Morgan fingerprint density at radius 3 is 2.17 bits per heavy atom. The molecule has 6 heteroatoms. The second-order valence-corrected chi connectivity index (χ2v) is 3.28. The number of hydrogen-bond acceptors (Lipinski definition) is 5. The number of nitrogens with two attached hydrogens (primary N) is 1. The van der Waals surface area contributed by atoms with E-state index in [1.807, 2.05) is 6.92 Å². The van der Waals surface area contributed by atoms with E-state index in [9.17, 15) is 9.59 Å². The molecule has 1 rings (SSSR count). The summed E-state index contributed by atoms with van der Waals surface area (Å²) in [4.78, 5) is 20.5. The number of carbonyl (C=O) groups excluding carboxylic acids is 1. The molecular formula is C12H17NO5. The summed E-state index contributed by atoms with van der Waals surface area (Å²) in [6, 6.07) is 5.99. The van der Waals surface area contributed by atoms with Gasteiger partial charge in [-0.1, -0.05) is 6.92 Å². The second kappa shape index (κ2) is 9.00. The minimum absolute atomic E-state index is 0.145. The van der Waals surface area contributed by atoms with Crippen molar-refractivity contribution in [1.82, 2.24) is 0 Å². The van der Waals surface area contributed by atoms with Crippen molar-refractivity contribution in [2.75, 3.05) is 13.2 Å². The van der Waals surface area contributed by atoms with Gasteiger partial charge in [0.1, 0.15) is 5.75 Å². The quantitative estimate of drug-likeness (QED) is 0.692. The molecule has 18 heavy (non-hydrogen) atoms.